The van der Waals surface area contributed by atoms with E-state index in [2.05, 4.69) is 21.3 Å². The van der Waals surface area contributed by atoms with Crippen LogP contribution in [0.4, 0.5) is 13.2 Å². The maximum absolute atomic E-state index is 14.3. The molecule has 17 nitrogen and oxygen atoms in total. The van der Waals surface area contributed by atoms with E-state index in [9.17, 15) is 56.6 Å². The van der Waals surface area contributed by atoms with E-state index in [4.69, 9.17) is 10.8 Å². The third kappa shape index (κ3) is 15.0. The maximum atomic E-state index is 14.3. The summed E-state index contributed by atoms with van der Waals surface area (Å²) in [6.45, 7) is 13.1. The fraction of sp³-hybridized carbons (Fsp3) is 0.619. The molecule has 0 radical (unpaired) electrons. The third-order valence-electron chi connectivity index (χ3n) is 10.8. The van der Waals surface area contributed by atoms with Crippen molar-refractivity contribution in [2.24, 2.45) is 17.1 Å². The second-order valence-corrected chi connectivity index (χ2v) is 18.7. The lowest BCUT2D eigenvalue weighted by Crippen LogP contribution is -2.61. The Labute approximate surface area is 369 Å². The average Bonchev–Trinajstić information content (AvgIpc) is 3.45. The van der Waals surface area contributed by atoms with Crippen LogP contribution in [0.2, 0.25) is 0 Å². The Bertz CT molecular complexity index is 1900. The lowest BCUT2D eigenvalue weighted by Gasteiger charge is -2.40. The monoisotopic (exact) mass is 913 g/mol. The number of carbonyl (C=O) groups excluding carboxylic acids is 6. The number of hydrogen-bond donors (Lipinski definition) is 7. The molecule has 1 aliphatic rings. The number of amides is 6. The highest BCUT2D eigenvalue weighted by Gasteiger charge is 2.43. The van der Waals surface area contributed by atoms with Crippen molar-refractivity contribution in [2.45, 2.75) is 122 Å². The second-order valence-electron chi connectivity index (χ2n) is 17.5. The Morgan fingerprint density at radius 3 is 2.11 bits per heavy atom. The first-order valence-electron chi connectivity index (χ1n) is 20.3. The van der Waals surface area contributed by atoms with E-state index in [0.717, 1.165) is 28.8 Å². The Hall–Kier alpha value is -5.02. The van der Waals surface area contributed by atoms with Crippen molar-refractivity contribution in [3.63, 3.8) is 0 Å². The minimum Gasteiger partial charge on any atom is -0.480 e. The van der Waals surface area contributed by atoms with Crippen LogP contribution in [-0.4, -0.2) is 136 Å². The second kappa shape index (κ2) is 22.6. The van der Waals surface area contributed by atoms with Gasteiger partial charge in [0, 0.05) is 49.7 Å². The Balaban J connectivity index is 2.12. The molecular formula is C42H62F3N7O10S. The number of imide groups is 1. The molecule has 0 bridgehead atoms. The summed E-state index contributed by atoms with van der Waals surface area (Å²) in [5.41, 5.74) is 2.86. The number of thioether (sulfide) groups is 1. The van der Waals surface area contributed by atoms with Gasteiger partial charge in [-0.05, 0) is 43.4 Å². The number of carboxylic acids is 2. The van der Waals surface area contributed by atoms with E-state index in [-0.39, 0.29) is 55.2 Å². The summed E-state index contributed by atoms with van der Waals surface area (Å²) in [6.07, 6.45) is -3.92. The molecule has 6 amide bonds. The number of carboxylic acid groups (broad SMARTS) is 2. The predicted octanol–water partition coefficient (Wildman–Crippen LogP) is 2.27. The average molecular weight is 914 g/mol. The molecule has 2 rings (SSSR count). The van der Waals surface area contributed by atoms with Gasteiger partial charge in [-0.25, -0.2) is 4.79 Å². The van der Waals surface area contributed by atoms with Crippen molar-refractivity contribution < 1.29 is 61.7 Å². The number of alkyl halides is 3. The standard InChI is InChI=1S/C42H62F3N7O10S/c1-22(2)28(51(10)37(58)33(40(4,5)6)50-35(56)32(47-9)41(7,8)24-12-11-13-25(19-24)42(43,44)45)18-23(3)34(55)49-27(39(61)62)14-15-30(53)48-16-17-52-31(54)20-29(36(52)57)63-21-26(46)38(59)60/h11-13,18-19,22,26-29,32-33,47H,14-17,20-21,46H2,1-10H3,(H,48,53)(H,49,55)(H,50,56)(H,59,60)(H,61,62)/b23-18+/t26-,27+,28+,29?,32+,33+/m0/s1. The van der Waals surface area contributed by atoms with Gasteiger partial charge in [-0.15, -0.1) is 11.8 Å². The molecule has 1 saturated heterocycles. The lowest BCUT2D eigenvalue weighted by molar-refractivity contribution is -0.142. The summed E-state index contributed by atoms with van der Waals surface area (Å²) >= 11 is 0.954. The summed E-state index contributed by atoms with van der Waals surface area (Å²) in [5, 5.41) is 28.6. The fourth-order valence-electron chi connectivity index (χ4n) is 6.90. The van der Waals surface area contributed by atoms with Crippen molar-refractivity contribution in [1.82, 2.24) is 31.1 Å². The number of nitrogens with zero attached hydrogens (tertiary/aromatic N) is 2. The molecule has 8 N–H and O–H groups in total. The molecule has 1 heterocycles. The van der Waals surface area contributed by atoms with Gasteiger partial charge in [0.1, 0.15) is 18.1 Å². The van der Waals surface area contributed by atoms with E-state index >= 15 is 0 Å². The number of aliphatic carboxylic acids is 2. The number of halogens is 3. The third-order valence-corrected chi connectivity index (χ3v) is 12.1. The smallest absolute Gasteiger partial charge is 0.416 e. The molecule has 0 aliphatic carbocycles. The van der Waals surface area contributed by atoms with Gasteiger partial charge in [-0.3, -0.25) is 38.5 Å². The molecule has 0 spiro atoms. The Morgan fingerprint density at radius 1 is 0.984 bits per heavy atom. The normalized spacial score (nSPS) is 17.4. The van der Waals surface area contributed by atoms with E-state index in [1.54, 1.807) is 48.5 Å². The van der Waals surface area contributed by atoms with Crippen LogP contribution in [0.3, 0.4) is 0 Å². The quantitative estimate of drug-likeness (QED) is 0.0652. The van der Waals surface area contributed by atoms with Gasteiger partial charge in [-0.1, -0.05) is 72.7 Å². The SMILES string of the molecule is CN[C@H](C(=O)N[C@H](C(=O)N(C)[C@H](/C=C(\C)C(=O)N[C@H](CCC(=O)NCCN1C(=O)CC(SC[C@H](N)C(=O)O)C1=O)C(=O)O)C(C)C)C(C)(C)C)C(C)(C)c1cccc(C(F)(F)F)c1. The molecule has 1 aromatic carbocycles. The highest BCUT2D eigenvalue weighted by molar-refractivity contribution is 8.00. The van der Waals surface area contributed by atoms with Gasteiger partial charge in [0.15, 0.2) is 0 Å². The molecule has 1 unspecified atom stereocenters. The van der Waals surface area contributed by atoms with Crippen LogP contribution in [0, 0.1) is 11.3 Å². The van der Waals surface area contributed by atoms with Gasteiger partial charge in [0.25, 0.3) is 0 Å². The first-order valence-corrected chi connectivity index (χ1v) is 21.3. The summed E-state index contributed by atoms with van der Waals surface area (Å²) in [4.78, 5) is 105. The van der Waals surface area contributed by atoms with E-state index < -0.39 is 105 Å². The van der Waals surface area contributed by atoms with Crippen LogP contribution in [0.1, 0.15) is 85.8 Å². The van der Waals surface area contributed by atoms with Gasteiger partial charge in [-0.2, -0.15) is 13.2 Å². The zero-order valence-electron chi connectivity index (χ0n) is 37.3. The minimum absolute atomic E-state index is 0.0554. The summed E-state index contributed by atoms with van der Waals surface area (Å²) < 4.78 is 40.7. The Morgan fingerprint density at radius 2 is 1.59 bits per heavy atom. The first kappa shape index (κ1) is 54.1. The number of hydrogen-bond acceptors (Lipinski definition) is 11. The minimum atomic E-state index is -4.60. The number of nitrogens with two attached hydrogens (primary N) is 1. The van der Waals surface area contributed by atoms with Crippen molar-refractivity contribution >= 4 is 59.1 Å². The number of carbonyl (C=O) groups is 8. The molecule has 1 fully saturated rings. The molecule has 0 saturated carbocycles. The van der Waals surface area contributed by atoms with Crippen LogP contribution in [0.5, 0.6) is 0 Å². The predicted molar refractivity (Wildman–Crippen MR) is 229 cm³/mol. The number of rotatable bonds is 22. The van der Waals surface area contributed by atoms with Crippen molar-refractivity contribution in [1.29, 1.82) is 0 Å². The highest BCUT2D eigenvalue weighted by Crippen LogP contribution is 2.35. The van der Waals surface area contributed by atoms with E-state index in [1.807, 2.05) is 0 Å². The topological polar surface area (TPSA) is 258 Å². The van der Waals surface area contributed by atoms with Gasteiger partial charge >= 0.3 is 18.1 Å². The molecule has 1 aromatic rings. The Kier molecular flexibility index (Phi) is 19.4. The zero-order valence-corrected chi connectivity index (χ0v) is 38.2. The number of likely N-dealkylation sites (N-methyl/N-ethyl adjacent to an activating group) is 2. The summed E-state index contributed by atoms with van der Waals surface area (Å²) in [5.74, 6) is -6.64. The molecule has 21 heteroatoms. The van der Waals surface area contributed by atoms with Crippen LogP contribution < -0.4 is 27.0 Å². The fourth-order valence-corrected chi connectivity index (χ4v) is 8.01. The molecule has 0 aromatic heterocycles. The summed E-state index contributed by atoms with van der Waals surface area (Å²) in [7, 11) is 2.98. The van der Waals surface area contributed by atoms with Crippen molar-refractivity contribution in [3.05, 3.63) is 47.0 Å². The van der Waals surface area contributed by atoms with Crippen LogP contribution >= 0.6 is 11.8 Å². The van der Waals surface area contributed by atoms with Gasteiger partial charge in [0.05, 0.1) is 22.9 Å². The molecule has 352 valence electrons. The molecular weight excluding hydrogens is 852 g/mol. The lowest BCUT2D eigenvalue weighted by atomic mass is 9.76. The van der Waals surface area contributed by atoms with Crippen molar-refractivity contribution in [3.8, 4) is 0 Å². The van der Waals surface area contributed by atoms with Crippen LogP contribution in [0.25, 0.3) is 0 Å². The summed E-state index contributed by atoms with van der Waals surface area (Å²) in [6, 6.07) is -0.978. The van der Waals surface area contributed by atoms with Gasteiger partial charge in [0.2, 0.25) is 35.4 Å². The maximum Gasteiger partial charge on any atom is 0.416 e. The van der Waals surface area contributed by atoms with E-state index in [0.29, 0.717) is 0 Å². The van der Waals surface area contributed by atoms with Crippen LogP contribution in [0.15, 0.2) is 35.9 Å². The van der Waals surface area contributed by atoms with Gasteiger partial charge < -0.3 is 42.1 Å². The zero-order chi connectivity index (χ0) is 48.4. The molecule has 63 heavy (non-hydrogen) atoms. The first-order chi connectivity index (χ1) is 28.9. The molecule has 1 aliphatic heterocycles. The molecule has 6 atom stereocenters. The number of likely N-dealkylation sites (tertiary alicyclic amines) is 1. The number of nitrogens with one attached hydrogen (secondary N) is 4. The van der Waals surface area contributed by atoms with E-state index in [1.165, 1.54) is 44.1 Å². The number of benzene rings is 1. The van der Waals surface area contributed by atoms with Crippen LogP contribution in [-0.2, 0) is 49.9 Å². The highest BCUT2D eigenvalue weighted by atomic mass is 32.2. The largest absolute Gasteiger partial charge is 0.480 e. The van der Waals surface area contributed by atoms with Crippen molar-refractivity contribution in [2.75, 3.05) is 32.9 Å².